The zero-order valence-corrected chi connectivity index (χ0v) is 12.0. The lowest BCUT2D eigenvalue weighted by molar-refractivity contribution is 0.0219. The van der Waals surface area contributed by atoms with E-state index >= 15 is 0 Å². The first-order chi connectivity index (χ1) is 8.15. The van der Waals surface area contributed by atoms with Gasteiger partial charge in [-0.2, -0.15) is 0 Å². The first-order valence-corrected chi connectivity index (χ1v) is 7.61. The first-order valence-electron chi connectivity index (χ1n) is 6.00. The van der Waals surface area contributed by atoms with Gasteiger partial charge in [0.05, 0.1) is 5.25 Å². The van der Waals surface area contributed by atoms with Crippen molar-refractivity contribution in [2.24, 2.45) is 0 Å². The minimum absolute atomic E-state index is 0.184. The van der Waals surface area contributed by atoms with Crippen molar-refractivity contribution in [2.45, 2.75) is 44.5 Å². The lowest BCUT2D eigenvalue weighted by Gasteiger charge is -2.33. The van der Waals surface area contributed by atoms with Crippen LogP contribution in [0.5, 0.6) is 0 Å². The first kappa shape index (κ1) is 15.0. The van der Waals surface area contributed by atoms with Gasteiger partial charge in [-0.05, 0) is 33.6 Å². The third-order valence-electron chi connectivity index (χ3n) is 2.73. The quantitative estimate of drug-likeness (QED) is 0.772. The molecular formula is C12H21NO4S. The van der Waals surface area contributed by atoms with Gasteiger partial charge in [0.2, 0.25) is 0 Å². The third-order valence-corrected chi connectivity index (χ3v) is 4.51. The molecule has 1 atom stereocenters. The number of carbonyl (C=O) groups excluding carboxylic acids is 1. The van der Waals surface area contributed by atoms with E-state index in [1.54, 1.807) is 20.8 Å². The van der Waals surface area contributed by atoms with Gasteiger partial charge in [0.25, 0.3) is 0 Å². The van der Waals surface area contributed by atoms with Crippen molar-refractivity contribution in [1.29, 1.82) is 0 Å². The Balaban J connectivity index is 2.70. The highest BCUT2D eigenvalue weighted by atomic mass is 32.2. The molecule has 5 nitrogen and oxygen atoms in total. The topological polar surface area (TPSA) is 63.7 Å². The largest absolute Gasteiger partial charge is 0.444 e. The summed E-state index contributed by atoms with van der Waals surface area (Å²) in [6, 6.07) is 0. The van der Waals surface area contributed by atoms with Crippen LogP contribution in [0.2, 0.25) is 0 Å². The maximum Gasteiger partial charge on any atom is 0.410 e. The summed E-state index contributed by atoms with van der Waals surface area (Å²) in [5, 5.41) is 0.409. The molecule has 0 aromatic rings. The number of rotatable bonds is 2. The minimum Gasteiger partial charge on any atom is -0.444 e. The number of hydrogen-bond acceptors (Lipinski definition) is 4. The molecular weight excluding hydrogens is 254 g/mol. The van der Waals surface area contributed by atoms with E-state index in [9.17, 15) is 13.2 Å². The van der Waals surface area contributed by atoms with E-state index in [2.05, 4.69) is 6.58 Å². The average molecular weight is 275 g/mol. The second-order valence-electron chi connectivity index (χ2n) is 5.45. The van der Waals surface area contributed by atoms with Gasteiger partial charge in [-0.15, -0.1) is 0 Å². The maximum absolute atomic E-state index is 11.9. The monoisotopic (exact) mass is 275 g/mol. The van der Waals surface area contributed by atoms with Gasteiger partial charge in [0, 0.05) is 18.5 Å². The van der Waals surface area contributed by atoms with E-state index in [1.165, 1.54) is 4.90 Å². The second-order valence-corrected chi connectivity index (χ2v) is 7.62. The highest BCUT2D eigenvalue weighted by molar-refractivity contribution is 7.94. The molecule has 0 radical (unpaired) electrons. The molecule has 0 saturated carbocycles. The van der Waals surface area contributed by atoms with Crippen LogP contribution in [0, 0.1) is 0 Å². The maximum atomic E-state index is 11.9. The highest BCUT2D eigenvalue weighted by Crippen LogP contribution is 2.20. The van der Waals surface area contributed by atoms with Gasteiger partial charge in [-0.25, -0.2) is 13.2 Å². The molecule has 0 spiro atoms. The summed E-state index contributed by atoms with van der Waals surface area (Å²) in [4.78, 5) is 13.3. The zero-order valence-electron chi connectivity index (χ0n) is 11.2. The van der Waals surface area contributed by atoms with Gasteiger partial charge in [-0.1, -0.05) is 6.58 Å². The van der Waals surface area contributed by atoms with Crippen molar-refractivity contribution in [2.75, 3.05) is 13.1 Å². The van der Waals surface area contributed by atoms with Crippen LogP contribution in [0.15, 0.2) is 12.0 Å². The fourth-order valence-corrected chi connectivity index (χ4v) is 2.99. The van der Waals surface area contributed by atoms with E-state index in [0.29, 0.717) is 19.4 Å². The summed E-state index contributed by atoms with van der Waals surface area (Å²) in [7, 11) is -3.32. The van der Waals surface area contributed by atoms with Crippen LogP contribution in [0.4, 0.5) is 4.79 Å². The van der Waals surface area contributed by atoms with E-state index in [-0.39, 0.29) is 6.54 Å². The molecule has 1 aliphatic rings. The normalized spacial score (nSPS) is 21.5. The lowest BCUT2D eigenvalue weighted by Crippen LogP contribution is -2.46. The summed E-state index contributed by atoms with van der Waals surface area (Å²) in [6.07, 6.45) is 0.774. The molecule has 0 bridgehead atoms. The standard InChI is InChI=1S/C12H21NO4S/c1-5-18(15,16)10-7-6-8-13(9-10)11(14)17-12(2,3)4/h5,10H,1,6-9H2,2-4H3. The number of amides is 1. The molecule has 1 fully saturated rings. The SMILES string of the molecule is C=CS(=O)(=O)C1CCCN(C(=O)OC(C)(C)C)C1. The summed E-state index contributed by atoms with van der Waals surface area (Å²) in [5.74, 6) is 0. The molecule has 0 aromatic carbocycles. The fraction of sp³-hybridized carbons (Fsp3) is 0.750. The second kappa shape index (κ2) is 5.30. The summed E-state index contributed by atoms with van der Waals surface area (Å²) in [6.45, 7) is 9.39. The zero-order chi connectivity index (χ0) is 14.0. The summed E-state index contributed by atoms with van der Waals surface area (Å²) < 4.78 is 28.7. The number of nitrogens with zero attached hydrogens (tertiary/aromatic N) is 1. The Kier molecular flexibility index (Phi) is 4.42. The molecule has 18 heavy (non-hydrogen) atoms. The van der Waals surface area contributed by atoms with Crippen molar-refractivity contribution in [3.8, 4) is 0 Å². The Morgan fingerprint density at radius 2 is 2.06 bits per heavy atom. The van der Waals surface area contributed by atoms with Gasteiger partial charge >= 0.3 is 6.09 Å². The van der Waals surface area contributed by atoms with Crippen molar-refractivity contribution in [1.82, 2.24) is 4.90 Å². The van der Waals surface area contributed by atoms with Crippen LogP contribution in [0.1, 0.15) is 33.6 Å². The number of ether oxygens (including phenoxy) is 1. The third kappa shape index (κ3) is 4.01. The molecule has 1 saturated heterocycles. The van der Waals surface area contributed by atoms with E-state index in [1.807, 2.05) is 0 Å². The Labute approximate surface area is 109 Å². The lowest BCUT2D eigenvalue weighted by atomic mass is 10.1. The van der Waals surface area contributed by atoms with Crippen LogP contribution in [0.25, 0.3) is 0 Å². The molecule has 0 aromatic heterocycles. The van der Waals surface area contributed by atoms with Crippen LogP contribution in [-0.2, 0) is 14.6 Å². The Morgan fingerprint density at radius 3 is 2.56 bits per heavy atom. The molecule has 1 aliphatic heterocycles. The van der Waals surface area contributed by atoms with Gasteiger partial charge in [0.1, 0.15) is 5.60 Å². The van der Waals surface area contributed by atoms with Crippen molar-refractivity contribution in [3.05, 3.63) is 12.0 Å². The van der Waals surface area contributed by atoms with Crippen molar-refractivity contribution < 1.29 is 17.9 Å². The number of piperidine rings is 1. The average Bonchev–Trinajstić information content (AvgIpc) is 2.27. The van der Waals surface area contributed by atoms with Gasteiger partial charge < -0.3 is 9.64 Å². The Bertz CT molecular complexity index is 422. The van der Waals surface area contributed by atoms with Crippen LogP contribution in [-0.4, -0.2) is 43.4 Å². The molecule has 0 N–H and O–H groups in total. The van der Waals surface area contributed by atoms with Gasteiger partial charge in [-0.3, -0.25) is 0 Å². The van der Waals surface area contributed by atoms with E-state index in [0.717, 1.165) is 5.41 Å². The number of sulfone groups is 1. The molecule has 6 heteroatoms. The Morgan fingerprint density at radius 1 is 1.44 bits per heavy atom. The van der Waals surface area contributed by atoms with E-state index in [4.69, 9.17) is 4.74 Å². The number of hydrogen-bond donors (Lipinski definition) is 0. The molecule has 1 heterocycles. The van der Waals surface area contributed by atoms with E-state index < -0.39 is 26.8 Å². The molecule has 0 aliphatic carbocycles. The smallest absolute Gasteiger partial charge is 0.410 e. The highest BCUT2D eigenvalue weighted by Gasteiger charge is 2.32. The molecule has 1 rings (SSSR count). The molecule has 1 amide bonds. The van der Waals surface area contributed by atoms with Crippen LogP contribution >= 0.6 is 0 Å². The summed E-state index contributed by atoms with van der Waals surface area (Å²) in [5.41, 5.74) is -0.568. The van der Waals surface area contributed by atoms with Crippen LogP contribution < -0.4 is 0 Å². The minimum atomic E-state index is -3.32. The molecule has 104 valence electrons. The summed E-state index contributed by atoms with van der Waals surface area (Å²) >= 11 is 0. The fourth-order valence-electron chi connectivity index (χ4n) is 1.83. The molecule has 1 unspecified atom stereocenters. The number of carbonyl (C=O) groups is 1. The van der Waals surface area contributed by atoms with Crippen molar-refractivity contribution >= 4 is 15.9 Å². The van der Waals surface area contributed by atoms with Gasteiger partial charge in [0.15, 0.2) is 9.84 Å². The van der Waals surface area contributed by atoms with Crippen LogP contribution in [0.3, 0.4) is 0 Å². The number of likely N-dealkylation sites (tertiary alicyclic amines) is 1. The Hall–Kier alpha value is -1.04. The predicted molar refractivity (Wildman–Crippen MR) is 69.9 cm³/mol. The predicted octanol–water partition coefficient (Wildman–Crippen LogP) is 1.94. The van der Waals surface area contributed by atoms with Crippen molar-refractivity contribution in [3.63, 3.8) is 0 Å².